The fourth-order valence-corrected chi connectivity index (χ4v) is 1.63. The van der Waals surface area contributed by atoms with Gasteiger partial charge in [0.1, 0.15) is 12.0 Å². The van der Waals surface area contributed by atoms with Gasteiger partial charge in [0, 0.05) is 0 Å². The zero-order valence-electron chi connectivity index (χ0n) is 11.5. The summed E-state index contributed by atoms with van der Waals surface area (Å²) in [4.78, 5) is 34.3. The summed E-state index contributed by atoms with van der Waals surface area (Å²) in [5.74, 6) is -1.62. The maximum absolute atomic E-state index is 11.6. The van der Waals surface area contributed by atoms with E-state index in [0.29, 0.717) is 5.56 Å². The van der Waals surface area contributed by atoms with E-state index in [4.69, 9.17) is 19.6 Å². The predicted octanol–water partition coefficient (Wildman–Crippen LogP) is 1.18. The van der Waals surface area contributed by atoms with Crippen molar-refractivity contribution in [1.82, 2.24) is 0 Å². The summed E-state index contributed by atoms with van der Waals surface area (Å²) in [5, 5.41) is 0. The van der Waals surface area contributed by atoms with Gasteiger partial charge >= 0.3 is 5.97 Å². The third kappa shape index (κ3) is 3.95. The normalized spacial score (nSPS) is 10.0. The van der Waals surface area contributed by atoms with E-state index in [1.165, 1.54) is 30.7 Å². The summed E-state index contributed by atoms with van der Waals surface area (Å²) < 4.78 is 14.7. The standard InChI is InChI=1S/C15H13NO6/c16-15(19)11-3-1-2-4-13(11)21-9-14(18)22-8-12(17)10-5-6-20-7-10/h1-7H,8-9H2,(H2,16,19). The molecule has 2 N–H and O–H groups in total. The van der Waals surface area contributed by atoms with Gasteiger partial charge in [-0.2, -0.15) is 0 Å². The van der Waals surface area contributed by atoms with E-state index in [-0.39, 0.29) is 17.1 Å². The van der Waals surface area contributed by atoms with Crippen molar-refractivity contribution in [3.05, 3.63) is 54.0 Å². The van der Waals surface area contributed by atoms with Crippen LogP contribution in [0.2, 0.25) is 0 Å². The van der Waals surface area contributed by atoms with Crippen molar-refractivity contribution in [2.75, 3.05) is 13.2 Å². The Morgan fingerprint density at radius 2 is 1.86 bits per heavy atom. The van der Waals surface area contributed by atoms with Gasteiger partial charge in [-0.25, -0.2) is 4.79 Å². The first-order valence-corrected chi connectivity index (χ1v) is 6.30. The highest BCUT2D eigenvalue weighted by Crippen LogP contribution is 2.17. The molecule has 2 rings (SSSR count). The third-order valence-electron chi connectivity index (χ3n) is 2.71. The molecule has 0 aliphatic carbocycles. The number of nitrogens with two attached hydrogens (primary N) is 1. The molecule has 0 aliphatic rings. The first-order valence-electron chi connectivity index (χ1n) is 6.30. The van der Waals surface area contributed by atoms with E-state index in [9.17, 15) is 14.4 Å². The number of rotatable bonds is 7. The van der Waals surface area contributed by atoms with Gasteiger partial charge < -0.3 is 19.6 Å². The van der Waals surface area contributed by atoms with Gasteiger partial charge in [0.25, 0.3) is 5.91 Å². The van der Waals surface area contributed by atoms with Crippen molar-refractivity contribution >= 4 is 17.7 Å². The van der Waals surface area contributed by atoms with Crippen LogP contribution in [0.5, 0.6) is 5.75 Å². The summed E-state index contributed by atoms with van der Waals surface area (Å²) in [6.07, 6.45) is 2.61. The molecule has 0 unspecified atom stereocenters. The molecule has 22 heavy (non-hydrogen) atoms. The second-order valence-corrected chi connectivity index (χ2v) is 4.24. The summed E-state index contributed by atoms with van der Waals surface area (Å²) in [5.41, 5.74) is 5.65. The summed E-state index contributed by atoms with van der Waals surface area (Å²) in [6.45, 7) is -0.859. The Morgan fingerprint density at radius 1 is 1.09 bits per heavy atom. The summed E-state index contributed by atoms with van der Waals surface area (Å²) in [7, 11) is 0. The highest BCUT2D eigenvalue weighted by molar-refractivity contribution is 5.97. The monoisotopic (exact) mass is 303 g/mol. The topological polar surface area (TPSA) is 109 Å². The van der Waals surface area contributed by atoms with Crippen molar-refractivity contribution in [3.8, 4) is 5.75 Å². The van der Waals surface area contributed by atoms with Crippen LogP contribution in [0, 0.1) is 0 Å². The highest BCUT2D eigenvalue weighted by Gasteiger charge is 2.13. The predicted molar refractivity (Wildman–Crippen MR) is 74.5 cm³/mol. The van der Waals surface area contributed by atoms with Crippen LogP contribution in [0.15, 0.2) is 47.3 Å². The molecule has 0 atom stereocenters. The zero-order chi connectivity index (χ0) is 15.9. The number of carbonyl (C=O) groups excluding carboxylic acids is 3. The molecular formula is C15H13NO6. The minimum atomic E-state index is -0.740. The van der Waals surface area contributed by atoms with Gasteiger partial charge in [-0.3, -0.25) is 9.59 Å². The molecule has 7 nitrogen and oxygen atoms in total. The Kier molecular flexibility index (Phi) is 4.92. The van der Waals surface area contributed by atoms with Crippen molar-refractivity contribution < 1.29 is 28.3 Å². The Balaban J connectivity index is 1.83. The number of ketones is 1. The number of carbonyl (C=O) groups is 3. The van der Waals surface area contributed by atoms with Crippen molar-refractivity contribution in [2.24, 2.45) is 5.73 Å². The van der Waals surface area contributed by atoms with Crippen LogP contribution in [0.1, 0.15) is 20.7 Å². The second-order valence-electron chi connectivity index (χ2n) is 4.24. The van der Waals surface area contributed by atoms with E-state index in [1.807, 2.05) is 0 Å². The van der Waals surface area contributed by atoms with Crippen LogP contribution in [-0.2, 0) is 9.53 Å². The van der Waals surface area contributed by atoms with E-state index < -0.39 is 25.1 Å². The Morgan fingerprint density at radius 3 is 2.55 bits per heavy atom. The lowest BCUT2D eigenvalue weighted by atomic mass is 10.2. The van der Waals surface area contributed by atoms with Crippen LogP contribution in [-0.4, -0.2) is 30.9 Å². The minimum Gasteiger partial charge on any atom is -0.481 e. The summed E-state index contributed by atoms with van der Waals surface area (Å²) in [6, 6.07) is 7.70. The van der Waals surface area contributed by atoms with E-state index in [1.54, 1.807) is 12.1 Å². The lowest BCUT2D eigenvalue weighted by Gasteiger charge is -2.08. The molecule has 114 valence electrons. The third-order valence-corrected chi connectivity index (χ3v) is 2.71. The van der Waals surface area contributed by atoms with Crippen LogP contribution in [0.25, 0.3) is 0 Å². The average Bonchev–Trinajstić information content (AvgIpc) is 3.05. The first-order chi connectivity index (χ1) is 10.6. The minimum absolute atomic E-state index is 0.157. The molecule has 1 aromatic heterocycles. The van der Waals surface area contributed by atoms with Gasteiger partial charge in [0.2, 0.25) is 5.78 Å². The lowest BCUT2D eigenvalue weighted by molar-refractivity contribution is -0.144. The largest absolute Gasteiger partial charge is 0.481 e. The molecule has 1 aromatic carbocycles. The van der Waals surface area contributed by atoms with Gasteiger partial charge in [0.05, 0.1) is 17.4 Å². The molecule has 1 heterocycles. The van der Waals surface area contributed by atoms with Gasteiger partial charge in [-0.05, 0) is 18.2 Å². The van der Waals surface area contributed by atoms with Crippen LogP contribution >= 0.6 is 0 Å². The number of Topliss-reactive ketones (excluding diaryl/α,β-unsaturated/α-hetero) is 1. The number of amides is 1. The molecule has 0 radical (unpaired) electrons. The SMILES string of the molecule is NC(=O)c1ccccc1OCC(=O)OCC(=O)c1ccoc1. The lowest BCUT2D eigenvalue weighted by Crippen LogP contribution is -2.20. The zero-order valence-corrected chi connectivity index (χ0v) is 11.5. The number of para-hydroxylation sites is 1. The van der Waals surface area contributed by atoms with Crippen LogP contribution < -0.4 is 10.5 Å². The average molecular weight is 303 g/mol. The molecule has 0 fully saturated rings. The van der Waals surface area contributed by atoms with Crippen molar-refractivity contribution in [1.29, 1.82) is 0 Å². The number of primary amides is 1. The molecule has 0 aliphatic heterocycles. The number of hydrogen-bond acceptors (Lipinski definition) is 6. The number of hydrogen-bond donors (Lipinski definition) is 1. The van der Waals surface area contributed by atoms with E-state index in [2.05, 4.69) is 0 Å². The molecule has 1 amide bonds. The molecule has 0 saturated carbocycles. The Labute approximate surface area is 125 Å². The van der Waals surface area contributed by atoms with Crippen LogP contribution in [0.4, 0.5) is 0 Å². The highest BCUT2D eigenvalue weighted by atomic mass is 16.6. The molecule has 0 spiro atoms. The number of esters is 1. The molecule has 2 aromatic rings. The Bertz CT molecular complexity index is 677. The van der Waals surface area contributed by atoms with Gasteiger partial charge in [-0.15, -0.1) is 0 Å². The van der Waals surface area contributed by atoms with E-state index >= 15 is 0 Å². The number of ether oxygens (including phenoxy) is 2. The molecular weight excluding hydrogens is 290 g/mol. The van der Waals surface area contributed by atoms with Gasteiger partial charge in [0.15, 0.2) is 13.2 Å². The smallest absolute Gasteiger partial charge is 0.344 e. The van der Waals surface area contributed by atoms with Crippen molar-refractivity contribution in [3.63, 3.8) is 0 Å². The summed E-state index contributed by atoms with van der Waals surface area (Å²) >= 11 is 0. The maximum Gasteiger partial charge on any atom is 0.344 e. The van der Waals surface area contributed by atoms with Gasteiger partial charge in [-0.1, -0.05) is 12.1 Å². The number of furan rings is 1. The van der Waals surface area contributed by atoms with Crippen molar-refractivity contribution in [2.45, 2.75) is 0 Å². The number of benzene rings is 1. The second kappa shape index (κ2) is 7.07. The molecule has 0 saturated heterocycles. The van der Waals surface area contributed by atoms with Crippen LogP contribution in [0.3, 0.4) is 0 Å². The Hall–Kier alpha value is -3.09. The first kappa shape index (κ1) is 15.3. The fraction of sp³-hybridized carbons (Fsp3) is 0.133. The fourth-order valence-electron chi connectivity index (χ4n) is 1.63. The maximum atomic E-state index is 11.6. The van der Waals surface area contributed by atoms with E-state index in [0.717, 1.165) is 0 Å². The molecule has 7 heteroatoms. The quantitative estimate of drug-likeness (QED) is 0.607. The molecule has 0 bridgehead atoms.